The van der Waals surface area contributed by atoms with Crippen LogP contribution < -0.4 is 21.5 Å². The molecular formula is C11H18N4O. The molecule has 0 amide bonds. The lowest BCUT2D eigenvalue weighted by atomic mass is 10.3. The fourth-order valence-electron chi connectivity index (χ4n) is 1.31. The molecule has 0 unspecified atom stereocenters. The van der Waals surface area contributed by atoms with Crippen LogP contribution in [0.2, 0.25) is 0 Å². The Kier molecular flexibility index (Phi) is 4.44. The molecule has 0 aliphatic carbocycles. The van der Waals surface area contributed by atoms with E-state index in [9.17, 15) is 5.21 Å². The van der Waals surface area contributed by atoms with E-state index in [2.05, 4.69) is 24.4 Å². The number of nitrogens with zero attached hydrogens (tertiary/aromatic N) is 1. The molecule has 0 atom stereocenters. The quantitative estimate of drug-likeness (QED) is 0.302. The van der Waals surface area contributed by atoms with Gasteiger partial charge >= 0.3 is 0 Å². The van der Waals surface area contributed by atoms with E-state index in [1.54, 1.807) is 12.1 Å². The first-order chi connectivity index (χ1) is 7.65. The Morgan fingerprint density at radius 2 is 1.94 bits per heavy atom. The molecule has 0 aromatic carbocycles. The minimum atomic E-state index is 0.103. The SMILES string of the molecule is CCC=CCCNc1cc(N)[n+]([O-])c(N)c1. The third-order valence-electron chi connectivity index (χ3n) is 2.12. The van der Waals surface area contributed by atoms with Crippen LogP contribution in [0.4, 0.5) is 17.3 Å². The molecule has 1 rings (SSSR count). The van der Waals surface area contributed by atoms with Crippen molar-refractivity contribution in [3.63, 3.8) is 0 Å². The van der Waals surface area contributed by atoms with Crippen molar-refractivity contribution in [2.24, 2.45) is 0 Å². The van der Waals surface area contributed by atoms with E-state index in [1.807, 2.05) is 0 Å². The number of pyridine rings is 1. The van der Waals surface area contributed by atoms with E-state index in [1.165, 1.54) is 0 Å². The van der Waals surface area contributed by atoms with Crippen molar-refractivity contribution in [1.82, 2.24) is 0 Å². The highest BCUT2D eigenvalue weighted by atomic mass is 16.5. The summed E-state index contributed by atoms with van der Waals surface area (Å²) in [4.78, 5) is 0. The molecule has 88 valence electrons. The highest BCUT2D eigenvalue weighted by molar-refractivity contribution is 5.53. The van der Waals surface area contributed by atoms with Gasteiger partial charge in [0.15, 0.2) is 0 Å². The van der Waals surface area contributed by atoms with Gasteiger partial charge in [-0.05, 0) is 12.8 Å². The minimum Gasteiger partial charge on any atom is -0.740 e. The van der Waals surface area contributed by atoms with Crippen LogP contribution in [0, 0.1) is 5.21 Å². The van der Waals surface area contributed by atoms with Gasteiger partial charge in [-0.1, -0.05) is 19.1 Å². The molecule has 5 nitrogen and oxygen atoms in total. The maximum Gasteiger partial charge on any atom is 0.221 e. The van der Waals surface area contributed by atoms with Crippen molar-refractivity contribution in [2.75, 3.05) is 23.3 Å². The smallest absolute Gasteiger partial charge is 0.221 e. The second-order valence-corrected chi connectivity index (χ2v) is 3.48. The maximum atomic E-state index is 11.2. The van der Waals surface area contributed by atoms with Gasteiger partial charge < -0.3 is 22.0 Å². The van der Waals surface area contributed by atoms with Crippen LogP contribution in [-0.2, 0) is 0 Å². The van der Waals surface area contributed by atoms with E-state index in [-0.39, 0.29) is 11.6 Å². The van der Waals surface area contributed by atoms with Gasteiger partial charge in [0.25, 0.3) is 0 Å². The third kappa shape index (κ3) is 3.34. The van der Waals surface area contributed by atoms with Gasteiger partial charge in [0.05, 0.1) is 0 Å². The van der Waals surface area contributed by atoms with Crippen molar-refractivity contribution < 1.29 is 4.73 Å². The zero-order chi connectivity index (χ0) is 12.0. The number of hydrogen-bond acceptors (Lipinski definition) is 4. The molecule has 0 spiro atoms. The van der Waals surface area contributed by atoms with Crippen LogP contribution in [-0.4, -0.2) is 6.54 Å². The van der Waals surface area contributed by atoms with E-state index >= 15 is 0 Å². The highest BCUT2D eigenvalue weighted by Gasteiger charge is 2.02. The number of nitrogen functional groups attached to an aromatic ring is 2. The molecule has 1 aromatic rings. The Morgan fingerprint density at radius 1 is 1.31 bits per heavy atom. The summed E-state index contributed by atoms with van der Waals surface area (Å²) < 4.78 is 0.502. The standard InChI is InChI=1S/C11H18N4O/c1-2-3-4-5-6-14-9-7-10(12)15(16)11(13)8-9/h3-4,7-8,14H,2,5-6,12-13H2,1H3. The molecule has 0 saturated heterocycles. The van der Waals surface area contributed by atoms with Crippen LogP contribution >= 0.6 is 0 Å². The number of rotatable bonds is 5. The first-order valence-electron chi connectivity index (χ1n) is 5.32. The summed E-state index contributed by atoms with van der Waals surface area (Å²) in [6.07, 6.45) is 6.19. The fraction of sp³-hybridized carbons (Fsp3) is 0.364. The van der Waals surface area contributed by atoms with E-state index < -0.39 is 0 Å². The van der Waals surface area contributed by atoms with Crippen molar-refractivity contribution in [3.05, 3.63) is 29.5 Å². The first kappa shape index (κ1) is 12.2. The molecule has 5 N–H and O–H groups in total. The molecule has 1 heterocycles. The second kappa shape index (κ2) is 5.85. The molecule has 0 bridgehead atoms. The maximum absolute atomic E-state index is 11.2. The zero-order valence-corrected chi connectivity index (χ0v) is 9.44. The average molecular weight is 222 g/mol. The number of anilines is 3. The van der Waals surface area contributed by atoms with Gasteiger partial charge in [-0.25, -0.2) is 4.73 Å². The van der Waals surface area contributed by atoms with E-state index in [0.717, 1.165) is 25.1 Å². The lowest BCUT2D eigenvalue weighted by Crippen LogP contribution is -2.34. The zero-order valence-electron chi connectivity index (χ0n) is 9.44. The van der Waals surface area contributed by atoms with Crippen molar-refractivity contribution in [3.8, 4) is 0 Å². The minimum absolute atomic E-state index is 0.103. The van der Waals surface area contributed by atoms with Gasteiger partial charge in [-0.3, -0.25) is 0 Å². The first-order valence-corrected chi connectivity index (χ1v) is 5.32. The van der Waals surface area contributed by atoms with Gasteiger partial charge in [0.1, 0.15) is 0 Å². The van der Waals surface area contributed by atoms with E-state index in [0.29, 0.717) is 4.73 Å². The molecular weight excluding hydrogens is 204 g/mol. The summed E-state index contributed by atoms with van der Waals surface area (Å²) in [6, 6.07) is 3.15. The lowest BCUT2D eigenvalue weighted by Gasteiger charge is -2.12. The van der Waals surface area contributed by atoms with Gasteiger partial charge in [-0.2, -0.15) is 0 Å². The summed E-state index contributed by atoms with van der Waals surface area (Å²) in [5.74, 6) is 0.207. The van der Waals surface area contributed by atoms with Crippen molar-refractivity contribution in [1.29, 1.82) is 0 Å². The monoisotopic (exact) mass is 222 g/mol. The summed E-state index contributed by atoms with van der Waals surface area (Å²) in [6.45, 7) is 2.88. The fourth-order valence-corrected chi connectivity index (χ4v) is 1.31. The number of hydrogen-bond donors (Lipinski definition) is 3. The van der Waals surface area contributed by atoms with Crippen LogP contribution in [0.3, 0.4) is 0 Å². The summed E-state index contributed by atoms with van der Waals surface area (Å²) >= 11 is 0. The Labute approximate surface area is 95.3 Å². The highest BCUT2D eigenvalue weighted by Crippen LogP contribution is 2.12. The predicted molar refractivity (Wildman–Crippen MR) is 66.8 cm³/mol. The van der Waals surface area contributed by atoms with Gasteiger partial charge in [0.2, 0.25) is 11.6 Å². The number of nitrogens with two attached hydrogens (primary N) is 2. The number of aromatic nitrogens is 1. The van der Waals surface area contributed by atoms with Crippen LogP contribution in [0.1, 0.15) is 19.8 Å². The molecule has 0 radical (unpaired) electrons. The van der Waals surface area contributed by atoms with Crippen LogP contribution in [0.5, 0.6) is 0 Å². The molecule has 16 heavy (non-hydrogen) atoms. The normalized spacial score (nSPS) is 10.8. The number of allylic oxidation sites excluding steroid dienone is 1. The average Bonchev–Trinajstić information content (AvgIpc) is 2.25. The third-order valence-corrected chi connectivity index (χ3v) is 2.12. The lowest BCUT2D eigenvalue weighted by molar-refractivity contribution is -0.574. The molecule has 5 heteroatoms. The summed E-state index contributed by atoms with van der Waals surface area (Å²) in [5, 5.41) is 14.3. The van der Waals surface area contributed by atoms with Gasteiger partial charge in [-0.15, -0.1) is 0 Å². The summed E-state index contributed by atoms with van der Waals surface area (Å²) in [7, 11) is 0. The van der Waals surface area contributed by atoms with Crippen LogP contribution in [0.25, 0.3) is 0 Å². The van der Waals surface area contributed by atoms with E-state index in [4.69, 9.17) is 11.5 Å². The second-order valence-electron chi connectivity index (χ2n) is 3.48. The molecule has 1 aromatic heterocycles. The molecule has 0 aliphatic rings. The largest absolute Gasteiger partial charge is 0.740 e. The Bertz CT molecular complexity index is 353. The van der Waals surface area contributed by atoms with Crippen molar-refractivity contribution in [2.45, 2.75) is 19.8 Å². The Morgan fingerprint density at radius 3 is 2.50 bits per heavy atom. The molecule has 0 fully saturated rings. The molecule has 0 saturated carbocycles. The van der Waals surface area contributed by atoms with Gasteiger partial charge in [0, 0.05) is 24.4 Å². The van der Waals surface area contributed by atoms with Crippen molar-refractivity contribution >= 4 is 17.3 Å². The Balaban J connectivity index is 2.52. The summed E-state index contributed by atoms with van der Waals surface area (Å²) in [5.41, 5.74) is 11.8. The predicted octanol–water partition coefficient (Wildman–Crippen LogP) is 1.25. The van der Waals surface area contributed by atoms with Crippen LogP contribution in [0.15, 0.2) is 24.3 Å². The number of nitrogens with one attached hydrogen (secondary N) is 1. The topological polar surface area (TPSA) is 91.0 Å². The Hall–Kier alpha value is -1.91. The molecule has 0 aliphatic heterocycles.